The maximum Gasteiger partial charge on any atom is 0.0876 e. The lowest BCUT2D eigenvalue weighted by atomic mass is 10.2. The normalized spacial score (nSPS) is 10.9. The largest absolute Gasteiger partial charge is 0.266 e. The summed E-state index contributed by atoms with van der Waals surface area (Å²) in [4.78, 5) is 2.59. The Hall–Kier alpha value is -0.800. The number of rotatable bonds is 1. The van der Waals surface area contributed by atoms with Crippen molar-refractivity contribution in [1.82, 2.24) is 9.78 Å². The van der Waals surface area contributed by atoms with E-state index in [-0.39, 0.29) is 0 Å². The highest BCUT2D eigenvalue weighted by molar-refractivity contribution is 7.12. The number of thiophene rings is 1. The molecular weight excluding hydrogens is 216 g/mol. The van der Waals surface area contributed by atoms with Gasteiger partial charge in [-0.3, -0.25) is 4.68 Å². The summed E-state index contributed by atoms with van der Waals surface area (Å²) in [6.45, 7) is 4.21. The SMILES string of the molecule is Cc1cc(-c2c(Cl)cnn2C)c(C)s1. The summed E-state index contributed by atoms with van der Waals surface area (Å²) in [5.74, 6) is 0. The van der Waals surface area contributed by atoms with E-state index in [1.54, 1.807) is 17.5 Å². The van der Waals surface area contributed by atoms with Crippen LogP contribution in [0.4, 0.5) is 0 Å². The lowest BCUT2D eigenvalue weighted by Gasteiger charge is -2.01. The van der Waals surface area contributed by atoms with Crippen molar-refractivity contribution >= 4 is 22.9 Å². The molecule has 0 N–H and O–H groups in total. The zero-order chi connectivity index (χ0) is 10.3. The second-order valence-corrected chi connectivity index (χ2v) is 5.16. The van der Waals surface area contributed by atoms with Gasteiger partial charge < -0.3 is 0 Å². The van der Waals surface area contributed by atoms with E-state index in [0.717, 1.165) is 5.69 Å². The molecule has 0 radical (unpaired) electrons. The van der Waals surface area contributed by atoms with E-state index in [9.17, 15) is 0 Å². The first-order valence-electron chi connectivity index (χ1n) is 4.34. The molecule has 0 saturated carbocycles. The van der Waals surface area contributed by atoms with Gasteiger partial charge in [-0.05, 0) is 19.9 Å². The molecule has 0 spiro atoms. The molecule has 0 aromatic carbocycles. The quantitative estimate of drug-likeness (QED) is 0.729. The number of nitrogens with zero attached hydrogens (tertiary/aromatic N) is 2. The van der Waals surface area contributed by atoms with Gasteiger partial charge in [-0.1, -0.05) is 11.6 Å². The number of halogens is 1. The highest BCUT2D eigenvalue weighted by Gasteiger charge is 2.13. The molecule has 2 aromatic heterocycles. The summed E-state index contributed by atoms with van der Waals surface area (Å²) in [7, 11) is 1.91. The van der Waals surface area contributed by atoms with Crippen LogP contribution in [0.1, 0.15) is 9.75 Å². The molecule has 4 heteroatoms. The molecule has 2 heterocycles. The van der Waals surface area contributed by atoms with Gasteiger partial charge in [0.2, 0.25) is 0 Å². The fourth-order valence-electron chi connectivity index (χ4n) is 1.58. The highest BCUT2D eigenvalue weighted by Crippen LogP contribution is 2.34. The summed E-state index contributed by atoms with van der Waals surface area (Å²) in [6, 6.07) is 2.16. The first kappa shape index (κ1) is 9.74. The van der Waals surface area contributed by atoms with E-state index in [4.69, 9.17) is 11.6 Å². The van der Waals surface area contributed by atoms with Crippen LogP contribution in [0.25, 0.3) is 11.3 Å². The average Bonchev–Trinajstić information content (AvgIpc) is 2.57. The first-order valence-corrected chi connectivity index (χ1v) is 5.54. The Morgan fingerprint density at radius 1 is 1.43 bits per heavy atom. The molecule has 0 unspecified atom stereocenters. The molecule has 0 saturated heterocycles. The average molecular weight is 227 g/mol. The Balaban J connectivity index is 2.65. The molecule has 74 valence electrons. The van der Waals surface area contributed by atoms with Crippen molar-refractivity contribution in [3.8, 4) is 11.3 Å². The molecule has 2 rings (SSSR count). The van der Waals surface area contributed by atoms with E-state index in [2.05, 4.69) is 25.0 Å². The van der Waals surface area contributed by atoms with Gasteiger partial charge >= 0.3 is 0 Å². The fraction of sp³-hybridized carbons (Fsp3) is 0.300. The van der Waals surface area contributed by atoms with Crippen LogP contribution in [0, 0.1) is 13.8 Å². The number of aromatic nitrogens is 2. The zero-order valence-corrected chi connectivity index (χ0v) is 9.91. The predicted octanol–water partition coefficient (Wildman–Crippen LogP) is 3.42. The number of hydrogen-bond acceptors (Lipinski definition) is 2. The minimum Gasteiger partial charge on any atom is -0.266 e. The van der Waals surface area contributed by atoms with Crippen LogP contribution in [0.5, 0.6) is 0 Å². The molecule has 14 heavy (non-hydrogen) atoms. The van der Waals surface area contributed by atoms with Crippen molar-refractivity contribution in [3.63, 3.8) is 0 Å². The van der Waals surface area contributed by atoms with Gasteiger partial charge in [-0.15, -0.1) is 11.3 Å². The first-order chi connectivity index (χ1) is 6.59. The Kier molecular flexibility index (Phi) is 2.37. The summed E-state index contributed by atoms with van der Waals surface area (Å²) in [5, 5.41) is 4.85. The third-order valence-corrected chi connectivity index (χ3v) is 3.43. The Morgan fingerprint density at radius 2 is 2.14 bits per heavy atom. The summed E-state index contributed by atoms with van der Waals surface area (Å²) < 4.78 is 1.82. The van der Waals surface area contributed by atoms with Crippen molar-refractivity contribution in [1.29, 1.82) is 0 Å². The molecule has 0 amide bonds. The van der Waals surface area contributed by atoms with Gasteiger partial charge in [0.25, 0.3) is 0 Å². The molecule has 2 nitrogen and oxygen atoms in total. The minimum atomic E-state index is 0.716. The Labute approximate surface area is 92.1 Å². The van der Waals surface area contributed by atoms with E-state index in [0.29, 0.717) is 5.02 Å². The van der Waals surface area contributed by atoms with Gasteiger partial charge in [0.1, 0.15) is 0 Å². The fourth-order valence-corrected chi connectivity index (χ4v) is 2.77. The highest BCUT2D eigenvalue weighted by atomic mass is 35.5. The van der Waals surface area contributed by atoms with Crippen molar-refractivity contribution in [2.24, 2.45) is 7.05 Å². The summed E-state index contributed by atoms with van der Waals surface area (Å²) in [5.41, 5.74) is 2.20. The topological polar surface area (TPSA) is 17.8 Å². The molecule has 2 aromatic rings. The minimum absolute atomic E-state index is 0.716. The van der Waals surface area contributed by atoms with E-state index in [1.807, 2.05) is 11.7 Å². The van der Waals surface area contributed by atoms with Crippen LogP contribution in [0.2, 0.25) is 5.02 Å². The van der Waals surface area contributed by atoms with E-state index in [1.165, 1.54) is 15.3 Å². The van der Waals surface area contributed by atoms with Crippen LogP contribution in [0.3, 0.4) is 0 Å². The van der Waals surface area contributed by atoms with Crippen LogP contribution in [0.15, 0.2) is 12.3 Å². The third-order valence-electron chi connectivity index (χ3n) is 2.19. The molecule has 0 bridgehead atoms. The van der Waals surface area contributed by atoms with Crippen LogP contribution in [-0.4, -0.2) is 9.78 Å². The standard InChI is InChI=1S/C10H11ClN2S/c1-6-4-8(7(2)14-6)10-9(11)5-12-13(10)3/h4-5H,1-3H3. The Bertz CT molecular complexity index is 451. The van der Waals surface area contributed by atoms with Gasteiger partial charge in [0, 0.05) is 22.4 Å². The molecule has 0 atom stereocenters. The maximum absolute atomic E-state index is 6.08. The third kappa shape index (κ3) is 1.47. The van der Waals surface area contributed by atoms with Crippen LogP contribution in [-0.2, 0) is 7.05 Å². The van der Waals surface area contributed by atoms with Gasteiger partial charge in [0.05, 0.1) is 16.9 Å². The number of aryl methyl sites for hydroxylation is 3. The molecular formula is C10H11ClN2S. The second kappa shape index (κ2) is 3.41. The van der Waals surface area contributed by atoms with Crippen LogP contribution < -0.4 is 0 Å². The zero-order valence-electron chi connectivity index (χ0n) is 8.34. The summed E-state index contributed by atoms with van der Waals surface area (Å²) in [6.07, 6.45) is 1.68. The van der Waals surface area contributed by atoms with E-state index < -0.39 is 0 Å². The van der Waals surface area contributed by atoms with Gasteiger partial charge in [-0.25, -0.2) is 0 Å². The van der Waals surface area contributed by atoms with Crippen molar-refractivity contribution in [2.75, 3.05) is 0 Å². The number of hydrogen-bond donors (Lipinski definition) is 0. The Morgan fingerprint density at radius 3 is 2.57 bits per heavy atom. The van der Waals surface area contributed by atoms with Gasteiger partial charge in [0.15, 0.2) is 0 Å². The predicted molar refractivity (Wildman–Crippen MR) is 61.0 cm³/mol. The smallest absolute Gasteiger partial charge is 0.0876 e. The monoisotopic (exact) mass is 226 g/mol. The van der Waals surface area contributed by atoms with Crippen molar-refractivity contribution < 1.29 is 0 Å². The van der Waals surface area contributed by atoms with Crippen molar-refractivity contribution in [2.45, 2.75) is 13.8 Å². The van der Waals surface area contributed by atoms with Gasteiger partial charge in [-0.2, -0.15) is 5.10 Å². The lowest BCUT2D eigenvalue weighted by molar-refractivity contribution is 0.776. The van der Waals surface area contributed by atoms with Crippen LogP contribution >= 0.6 is 22.9 Å². The summed E-state index contributed by atoms with van der Waals surface area (Å²) >= 11 is 7.87. The molecule has 0 aliphatic rings. The maximum atomic E-state index is 6.08. The lowest BCUT2D eigenvalue weighted by Crippen LogP contribution is -1.93. The molecule has 0 aliphatic heterocycles. The second-order valence-electron chi connectivity index (χ2n) is 3.29. The van der Waals surface area contributed by atoms with E-state index >= 15 is 0 Å². The molecule has 0 fully saturated rings. The van der Waals surface area contributed by atoms with Crippen molar-refractivity contribution in [3.05, 3.63) is 27.0 Å². The molecule has 0 aliphatic carbocycles.